The Hall–Kier alpha value is -2.26. The van der Waals surface area contributed by atoms with Crippen LogP contribution in [0.3, 0.4) is 0 Å². The summed E-state index contributed by atoms with van der Waals surface area (Å²) in [4.78, 5) is 12.2. The van der Waals surface area contributed by atoms with Crippen molar-refractivity contribution in [1.29, 1.82) is 0 Å². The van der Waals surface area contributed by atoms with Crippen LogP contribution in [0.25, 0.3) is 11.0 Å². The zero-order valence-electron chi connectivity index (χ0n) is 10.8. The number of carbonyl (C=O) groups is 1. The van der Waals surface area contributed by atoms with Crippen LogP contribution in [0.1, 0.15) is 16.1 Å². The van der Waals surface area contributed by atoms with Crippen LogP contribution in [-0.4, -0.2) is 5.91 Å². The molecule has 0 saturated heterocycles. The number of amides is 1. The fourth-order valence-corrected chi connectivity index (χ4v) is 2.33. The first-order valence-corrected chi connectivity index (χ1v) is 6.58. The largest absolute Gasteiger partial charge is 0.451 e. The monoisotopic (exact) mass is 285 g/mol. The molecule has 1 aromatic heterocycles. The molecule has 0 radical (unpaired) electrons. The molecule has 3 aromatic rings. The number of anilines is 1. The Morgan fingerprint density at radius 2 is 1.95 bits per heavy atom. The first-order valence-electron chi connectivity index (χ1n) is 6.20. The normalized spacial score (nSPS) is 10.7. The lowest BCUT2D eigenvalue weighted by atomic mass is 10.2. The highest BCUT2D eigenvalue weighted by Gasteiger charge is 2.14. The van der Waals surface area contributed by atoms with Gasteiger partial charge in [0.25, 0.3) is 5.91 Å². The van der Waals surface area contributed by atoms with Gasteiger partial charge in [-0.1, -0.05) is 41.9 Å². The third-order valence-electron chi connectivity index (χ3n) is 3.11. The second-order valence-corrected chi connectivity index (χ2v) is 4.94. The molecule has 0 saturated carbocycles. The summed E-state index contributed by atoms with van der Waals surface area (Å²) in [6.07, 6.45) is 0. The number of carbonyl (C=O) groups excluding carboxylic acids is 1. The number of aryl methyl sites for hydroxylation is 1. The molecule has 0 unspecified atom stereocenters. The molecule has 2 aromatic carbocycles. The van der Waals surface area contributed by atoms with E-state index < -0.39 is 0 Å². The molecule has 0 aliphatic carbocycles. The zero-order valence-corrected chi connectivity index (χ0v) is 11.6. The van der Waals surface area contributed by atoms with Gasteiger partial charge >= 0.3 is 0 Å². The quantitative estimate of drug-likeness (QED) is 0.745. The van der Waals surface area contributed by atoms with Crippen LogP contribution in [0.15, 0.2) is 52.9 Å². The van der Waals surface area contributed by atoms with Gasteiger partial charge in [0.15, 0.2) is 5.76 Å². The van der Waals surface area contributed by atoms with E-state index in [1.54, 1.807) is 12.1 Å². The van der Waals surface area contributed by atoms with Gasteiger partial charge in [-0.2, -0.15) is 0 Å². The van der Waals surface area contributed by atoms with E-state index in [9.17, 15) is 4.79 Å². The standard InChI is InChI=1S/C16H12ClNO2/c1-10-5-4-7-12(17)15(10)18-16(19)14-9-11-6-2-3-8-13(11)20-14/h2-9H,1H3,(H,18,19). The van der Waals surface area contributed by atoms with Gasteiger partial charge in [0.2, 0.25) is 0 Å². The van der Waals surface area contributed by atoms with Crippen LogP contribution in [0.2, 0.25) is 5.02 Å². The topological polar surface area (TPSA) is 42.2 Å². The zero-order chi connectivity index (χ0) is 14.1. The fourth-order valence-electron chi connectivity index (χ4n) is 2.06. The minimum Gasteiger partial charge on any atom is -0.451 e. The number of benzene rings is 2. The molecule has 20 heavy (non-hydrogen) atoms. The Labute approximate surface area is 121 Å². The highest BCUT2D eigenvalue weighted by Crippen LogP contribution is 2.26. The molecule has 0 spiro atoms. The lowest BCUT2D eigenvalue weighted by Gasteiger charge is -2.08. The average Bonchev–Trinajstić information content (AvgIpc) is 2.87. The summed E-state index contributed by atoms with van der Waals surface area (Å²) in [6, 6.07) is 14.7. The van der Waals surface area contributed by atoms with Crippen molar-refractivity contribution in [2.45, 2.75) is 6.92 Å². The Bertz CT molecular complexity index is 739. The number of nitrogens with one attached hydrogen (secondary N) is 1. The van der Waals surface area contributed by atoms with Crippen LogP contribution in [-0.2, 0) is 0 Å². The summed E-state index contributed by atoms with van der Waals surface area (Å²) in [6.45, 7) is 1.89. The van der Waals surface area contributed by atoms with Crippen LogP contribution in [0.5, 0.6) is 0 Å². The lowest BCUT2D eigenvalue weighted by Crippen LogP contribution is -2.12. The Morgan fingerprint density at radius 1 is 1.15 bits per heavy atom. The molecule has 4 heteroatoms. The van der Waals surface area contributed by atoms with Gasteiger partial charge in [0.05, 0.1) is 10.7 Å². The van der Waals surface area contributed by atoms with Crippen molar-refractivity contribution in [2.24, 2.45) is 0 Å². The Kier molecular flexibility index (Phi) is 3.20. The summed E-state index contributed by atoms with van der Waals surface area (Å²) < 4.78 is 5.53. The molecule has 0 aliphatic heterocycles. The summed E-state index contributed by atoms with van der Waals surface area (Å²) >= 11 is 6.09. The molecule has 0 aliphatic rings. The van der Waals surface area contributed by atoms with Crippen molar-refractivity contribution in [1.82, 2.24) is 0 Å². The first-order chi connectivity index (χ1) is 9.65. The van der Waals surface area contributed by atoms with E-state index in [-0.39, 0.29) is 11.7 Å². The number of hydrogen-bond donors (Lipinski definition) is 1. The molecule has 3 rings (SSSR count). The Morgan fingerprint density at radius 3 is 2.70 bits per heavy atom. The first kappa shape index (κ1) is 12.8. The average molecular weight is 286 g/mol. The highest BCUT2D eigenvalue weighted by atomic mass is 35.5. The number of halogens is 1. The summed E-state index contributed by atoms with van der Waals surface area (Å²) in [7, 11) is 0. The predicted molar refractivity (Wildman–Crippen MR) is 80.4 cm³/mol. The minimum atomic E-state index is -0.308. The second kappa shape index (κ2) is 5.02. The molecule has 1 N–H and O–H groups in total. The molecule has 0 atom stereocenters. The van der Waals surface area contributed by atoms with Gasteiger partial charge in [-0.05, 0) is 30.7 Å². The van der Waals surface area contributed by atoms with Gasteiger partial charge in [0.1, 0.15) is 5.58 Å². The van der Waals surface area contributed by atoms with Gasteiger partial charge in [-0.15, -0.1) is 0 Å². The maximum Gasteiger partial charge on any atom is 0.291 e. The van der Waals surface area contributed by atoms with Crippen LogP contribution in [0, 0.1) is 6.92 Å². The van der Waals surface area contributed by atoms with Crippen LogP contribution in [0.4, 0.5) is 5.69 Å². The number of rotatable bonds is 2. The predicted octanol–water partition coefficient (Wildman–Crippen LogP) is 4.65. The van der Waals surface area contributed by atoms with E-state index in [4.69, 9.17) is 16.0 Å². The molecule has 0 bridgehead atoms. The van der Waals surface area contributed by atoms with Gasteiger partial charge in [-0.25, -0.2) is 0 Å². The van der Waals surface area contributed by atoms with E-state index >= 15 is 0 Å². The fraction of sp³-hybridized carbons (Fsp3) is 0.0625. The number of hydrogen-bond acceptors (Lipinski definition) is 2. The van der Waals surface area contributed by atoms with Crippen LogP contribution >= 0.6 is 11.6 Å². The molecular formula is C16H12ClNO2. The highest BCUT2D eigenvalue weighted by molar-refractivity contribution is 6.34. The van der Waals surface area contributed by atoms with Crippen molar-refractivity contribution in [3.05, 3.63) is 64.9 Å². The van der Waals surface area contributed by atoms with Crippen molar-refractivity contribution < 1.29 is 9.21 Å². The van der Waals surface area contributed by atoms with Gasteiger partial charge in [-0.3, -0.25) is 4.79 Å². The molecule has 0 fully saturated rings. The SMILES string of the molecule is Cc1cccc(Cl)c1NC(=O)c1cc2ccccc2o1. The summed E-state index contributed by atoms with van der Waals surface area (Å²) in [5, 5.41) is 4.20. The van der Waals surface area contributed by atoms with Crippen molar-refractivity contribution in [3.8, 4) is 0 Å². The van der Waals surface area contributed by atoms with E-state index in [2.05, 4.69) is 5.32 Å². The third-order valence-corrected chi connectivity index (χ3v) is 3.42. The van der Waals surface area contributed by atoms with E-state index in [0.29, 0.717) is 16.3 Å². The Balaban J connectivity index is 1.93. The van der Waals surface area contributed by atoms with E-state index in [1.165, 1.54) is 0 Å². The van der Waals surface area contributed by atoms with E-state index in [1.807, 2.05) is 43.3 Å². The minimum absolute atomic E-state index is 0.269. The maximum absolute atomic E-state index is 12.2. The van der Waals surface area contributed by atoms with Crippen molar-refractivity contribution in [2.75, 3.05) is 5.32 Å². The van der Waals surface area contributed by atoms with Gasteiger partial charge < -0.3 is 9.73 Å². The molecule has 1 amide bonds. The smallest absolute Gasteiger partial charge is 0.291 e. The second-order valence-electron chi connectivity index (χ2n) is 4.53. The van der Waals surface area contributed by atoms with E-state index in [0.717, 1.165) is 10.9 Å². The summed E-state index contributed by atoms with van der Waals surface area (Å²) in [5.74, 6) is -0.0390. The number of fused-ring (bicyclic) bond motifs is 1. The van der Waals surface area contributed by atoms with Crippen molar-refractivity contribution >= 4 is 34.2 Å². The molecule has 3 nitrogen and oxygen atoms in total. The third kappa shape index (κ3) is 2.28. The molecule has 1 heterocycles. The number of para-hydroxylation sites is 2. The molecular weight excluding hydrogens is 274 g/mol. The van der Waals surface area contributed by atoms with Crippen LogP contribution < -0.4 is 5.32 Å². The lowest BCUT2D eigenvalue weighted by molar-refractivity contribution is 0.0998. The summed E-state index contributed by atoms with van der Waals surface area (Å²) in [5.41, 5.74) is 2.20. The van der Waals surface area contributed by atoms with Crippen molar-refractivity contribution in [3.63, 3.8) is 0 Å². The maximum atomic E-state index is 12.2. The number of furan rings is 1. The van der Waals surface area contributed by atoms with Gasteiger partial charge in [0, 0.05) is 5.39 Å². The molecule has 100 valence electrons.